The Bertz CT molecular complexity index is 234. The Balaban J connectivity index is 1.62. The lowest BCUT2D eigenvalue weighted by Gasteiger charge is -2.38. The summed E-state index contributed by atoms with van der Waals surface area (Å²) in [5.74, 6) is 5.05. The average molecular weight is 299 g/mol. The highest BCUT2D eigenvalue weighted by Gasteiger charge is 2.30. The summed E-state index contributed by atoms with van der Waals surface area (Å²) in [6, 6.07) is 0. The van der Waals surface area contributed by atoms with Crippen LogP contribution in [-0.4, -0.2) is 5.88 Å². The highest BCUT2D eigenvalue weighted by Crippen LogP contribution is 2.42. The highest BCUT2D eigenvalue weighted by molar-refractivity contribution is 6.17. The minimum absolute atomic E-state index is 0.873. The van der Waals surface area contributed by atoms with Gasteiger partial charge < -0.3 is 0 Å². The molecule has 0 aromatic heterocycles. The molecule has 0 bridgehead atoms. The fraction of sp³-hybridized carbons (Fsp3) is 1.00. The highest BCUT2D eigenvalue weighted by atomic mass is 35.5. The van der Waals surface area contributed by atoms with E-state index in [-0.39, 0.29) is 0 Å². The van der Waals surface area contributed by atoms with E-state index in [2.05, 4.69) is 6.92 Å². The molecule has 2 aliphatic carbocycles. The lowest BCUT2D eigenvalue weighted by atomic mass is 9.68. The first-order valence-corrected chi connectivity index (χ1v) is 9.92. The molecule has 2 fully saturated rings. The normalized spacial score (nSPS) is 35.1. The molecule has 2 saturated carbocycles. The van der Waals surface area contributed by atoms with Crippen LogP contribution in [-0.2, 0) is 0 Å². The maximum atomic E-state index is 5.89. The quantitative estimate of drug-likeness (QED) is 0.358. The van der Waals surface area contributed by atoms with Gasteiger partial charge in [0.05, 0.1) is 0 Å². The molecule has 2 rings (SSSR count). The first-order chi connectivity index (χ1) is 9.83. The number of alkyl halides is 1. The molecule has 1 heteroatoms. The molecule has 0 heterocycles. The molecular formula is C19H35Cl. The number of rotatable bonds is 7. The van der Waals surface area contributed by atoms with Crippen LogP contribution in [0.3, 0.4) is 0 Å². The smallest absolute Gasteiger partial charge is 0.0226 e. The fourth-order valence-electron chi connectivity index (χ4n) is 4.73. The second-order valence-corrected chi connectivity index (χ2v) is 7.91. The van der Waals surface area contributed by atoms with Gasteiger partial charge >= 0.3 is 0 Å². The molecule has 0 aromatic rings. The summed E-state index contributed by atoms with van der Waals surface area (Å²) < 4.78 is 0. The van der Waals surface area contributed by atoms with Crippen LogP contribution in [0.25, 0.3) is 0 Å². The van der Waals surface area contributed by atoms with Crippen molar-refractivity contribution in [3.8, 4) is 0 Å². The van der Waals surface area contributed by atoms with Crippen LogP contribution in [0, 0.1) is 23.7 Å². The second kappa shape index (κ2) is 9.34. The van der Waals surface area contributed by atoms with Gasteiger partial charge in [-0.3, -0.25) is 0 Å². The van der Waals surface area contributed by atoms with Crippen molar-refractivity contribution in [3.63, 3.8) is 0 Å². The van der Waals surface area contributed by atoms with E-state index in [4.69, 9.17) is 11.6 Å². The molecule has 0 unspecified atom stereocenters. The van der Waals surface area contributed by atoms with E-state index >= 15 is 0 Å². The largest absolute Gasteiger partial charge is 0.127 e. The third kappa shape index (κ3) is 5.24. The summed E-state index contributed by atoms with van der Waals surface area (Å²) in [5.41, 5.74) is 0. The van der Waals surface area contributed by atoms with Gasteiger partial charge in [-0.1, -0.05) is 58.3 Å². The second-order valence-electron chi connectivity index (χ2n) is 7.54. The van der Waals surface area contributed by atoms with Crippen LogP contribution in [0.4, 0.5) is 0 Å². The Morgan fingerprint density at radius 2 is 1.20 bits per heavy atom. The van der Waals surface area contributed by atoms with Crippen molar-refractivity contribution in [3.05, 3.63) is 0 Å². The molecule has 0 amide bonds. The van der Waals surface area contributed by atoms with Crippen molar-refractivity contribution in [1.29, 1.82) is 0 Å². The number of hydrogen-bond donors (Lipinski definition) is 0. The zero-order valence-electron chi connectivity index (χ0n) is 13.6. The Kier molecular flexibility index (Phi) is 7.78. The molecule has 0 spiro atoms. The van der Waals surface area contributed by atoms with E-state index in [1.165, 1.54) is 70.6 Å². The van der Waals surface area contributed by atoms with Crippen molar-refractivity contribution >= 4 is 11.6 Å². The van der Waals surface area contributed by atoms with Crippen LogP contribution in [0.5, 0.6) is 0 Å². The van der Waals surface area contributed by atoms with E-state index in [1.807, 2.05) is 0 Å². The predicted molar refractivity (Wildman–Crippen MR) is 90.4 cm³/mol. The van der Waals surface area contributed by atoms with Crippen LogP contribution < -0.4 is 0 Å². The molecule has 0 aliphatic heterocycles. The molecule has 0 N–H and O–H groups in total. The van der Waals surface area contributed by atoms with Gasteiger partial charge in [0.1, 0.15) is 0 Å². The predicted octanol–water partition coefficient (Wildman–Crippen LogP) is 6.81. The van der Waals surface area contributed by atoms with Gasteiger partial charge in [0.15, 0.2) is 0 Å². The Hall–Kier alpha value is 0.290. The van der Waals surface area contributed by atoms with E-state index < -0.39 is 0 Å². The van der Waals surface area contributed by atoms with Crippen LogP contribution >= 0.6 is 11.6 Å². The number of halogens is 1. The molecule has 0 aromatic carbocycles. The summed E-state index contributed by atoms with van der Waals surface area (Å²) in [6.07, 6.45) is 19.2. The summed E-state index contributed by atoms with van der Waals surface area (Å²) in [6.45, 7) is 2.32. The fourth-order valence-corrected chi connectivity index (χ4v) is 5.04. The molecule has 0 radical (unpaired) electrons. The monoisotopic (exact) mass is 298 g/mol. The van der Waals surface area contributed by atoms with E-state index in [1.54, 1.807) is 12.8 Å². The van der Waals surface area contributed by atoms with Gasteiger partial charge in [0.25, 0.3) is 0 Å². The van der Waals surface area contributed by atoms with Gasteiger partial charge in [-0.2, -0.15) is 0 Å². The SMILES string of the molecule is CCCCC[C@H]1CC[C@H]([C@H]2CC[C@H](CCCl)CC2)CC1. The van der Waals surface area contributed by atoms with Gasteiger partial charge in [0, 0.05) is 5.88 Å². The van der Waals surface area contributed by atoms with Crippen molar-refractivity contribution in [1.82, 2.24) is 0 Å². The van der Waals surface area contributed by atoms with Gasteiger partial charge in [-0.25, -0.2) is 0 Å². The van der Waals surface area contributed by atoms with Crippen molar-refractivity contribution in [2.45, 2.75) is 90.4 Å². The van der Waals surface area contributed by atoms with Gasteiger partial charge in [-0.15, -0.1) is 11.6 Å². The van der Waals surface area contributed by atoms with Crippen LogP contribution in [0.15, 0.2) is 0 Å². The van der Waals surface area contributed by atoms with Crippen LogP contribution in [0.2, 0.25) is 0 Å². The molecule has 20 heavy (non-hydrogen) atoms. The van der Waals surface area contributed by atoms with Gasteiger partial charge in [0.2, 0.25) is 0 Å². The summed E-state index contributed by atoms with van der Waals surface area (Å²) in [5, 5.41) is 0. The lowest BCUT2D eigenvalue weighted by Crippen LogP contribution is -2.26. The minimum atomic E-state index is 0.873. The first-order valence-electron chi connectivity index (χ1n) is 9.39. The summed E-state index contributed by atoms with van der Waals surface area (Å²) in [4.78, 5) is 0. The van der Waals surface area contributed by atoms with E-state index in [0.717, 1.165) is 29.6 Å². The van der Waals surface area contributed by atoms with Crippen LogP contribution in [0.1, 0.15) is 90.4 Å². The Labute approximate surface area is 132 Å². The van der Waals surface area contributed by atoms with E-state index in [9.17, 15) is 0 Å². The Morgan fingerprint density at radius 3 is 1.65 bits per heavy atom. The zero-order chi connectivity index (χ0) is 14.2. The third-order valence-corrected chi connectivity index (χ3v) is 6.40. The van der Waals surface area contributed by atoms with Crippen molar-refractivity contribution in [2.75, 3.05) is 5.88 Å². The third-order valence-electron chi connectivity index (χ3n) is 6.18. The summed E-state index contributed by atoms with van der Waals surface area (Å²) in [7, 11) is 0. The average Bonchev–Trinajstić information content (AvgIpc) is 2.49. The minimum Gasteiger partial charge on any atom is -0.127 e. The molecule has 2 aliphatic rings. The molecule has 0 nitrogen and oxygen atoms in total. The van der Waals surface area contributed by atoms with Gasteiger partial charge in [-0.05, 0) is 55.8 Å². The van der Waals surface area contributed by atoms with Crippen molar-refractivity contribution in [2.24, 2.45) is 23.7 Å². The zero-order valence-corrected chi connectivity index (χ0v) is 14.3. The summed E-state index contributed by atoms with van der Waals surface area (Å²) >= 11 is 5.89. The number of hydrogen-bond acceptors (Lipinski definition) is 0. The molecule has 0 saturated heterocycles. The molecular weight excluding hydrogens is 264 g/mol. The van der Waals surface area contributed by atoms with Crippen molar-refractivity contribution < 1.29 is 0 Å². The van der Waals surface area contributed by atoms with E-state index in [0.29, 0.717) is 0 Å². The standard InChI is InChI=1S/C19H35Cl/c1-2-3-4-5-16-6-10-18(11-7-16)19-12-8-17(9-13-19)14-15-20/h16-19H,2-15H2,1H3/t16-,17-,18-,19-. The topological polar surface area (TPSA) is 0 Å². The Morgan fingerprint density at radius 1 is 0.700 bits per heavy atom. The lowest BCUT2D eigenvalue weighted by molar-refractivity contribution is 0.142. The molecule has 0 atom stereocenters. The number of unbranched alkanes of at least 4 members (excludes halogenated alkanes) is 2. The maximum absolute atomic E-state index is 5.89. The maximum Gasteiger partial charge on any atom is 0.0226 e. The first kappa shape index (κ1) is 16.7. The molecule has 118 valence electrons.